The molecule has 0 saturated heterocycles. The van der Waals surface area contributed by atoms with Gasteiger partial charge in [-0.2, -0.15) is 5.10 Å². The van der Waals surface area contributed by atoms with Crippen LogP contribution in [-0.4, -0.2) is 22.5 Å². The summed E-state index contributed by atoms with van der Waals surface area (Å²) >= 11 is 1.67. The Morgan fingerprint density at radius 1 is 1.04 bits per heavy atom. The first-order valence-electron chi connectivity index (χ1n) is 8.90. The molecular weight excluding hydrogens is 372 g/mol. The average molecular weight is 390 g/mol. The molecule has 1 aliphatic rings. The quantitative estimate of drug-likeness (QED) is 0.706. The van der Waals surface area contributed by atoms with Gasteiger partial charge in [0.2, 0.25) is 5.91 Å². The maximum absolute atomic E-state index is 12.2. The van der Waals surface area contributed by atoms with Crippen molar-refractivity contribution in [3.63, 3.8) is 0 Å². The van der Waals surface area contributed by atoms with Crippen LogP contribution in [0.1, 0.15) is 17.7 Å². The number of nitrogens with zero attached hydrogens (tertiary/aromatic N) is 2. The number of aryl methyl sites for hydroxylation is 1. The van der Waals surface area contributed by atoms with Crippen molar-refractivity contribution >= 4 is 34.6 Å². The monoisotopic (exact) mass is 390 g/mol. The van der Waals surface area contributed by atoms with E-state index in [1.165, 1.54) is 0 Å². The van der Waals surface area contributed by atoms with E-state index in [2.05, 4.69) is 34.9 Å². The molecule has 2 heterocycles. The largest absolute Gasteiger partial charge is 0.321 e. The third kappa shape index (κ3) is 3.84. The zero-order valence-electron chi connectivity index (χ0n) is 15.2. The van der Waals surface area contributed by atoms with Gasteiger partial charge >= 0.3 is 0 Å². The molecule has 0 bridgehead atoms. The Morgan fingerprint density at radius 3 is 2.46 bits per heavy atom. The Labute approximate surface area is 166 Å². The van der Waals surface area contributed by atoms with Gasteiger partial charge in [-0.15, -0.1) is 11.3 Å². The summed E-state index contributed by atoms with van der Waals surface area (Å²) < 4.78 is 0. The lowest BCUT2D eigenvalue weighted by molar-refractivity contribution is -0.121. The van der Waals surface area contributed by atoms with Crippen molar-refractivity contribution in [1.82, 2.24) is 10.4 Å². The van der Waals surface area contributed by atoms with Gasteiger partial charge in [0.15, 0.2) is 0 Å². The third-order valence-electron chi connectivity index (χ3n) is 4.40. The summed E-state index contributed by atoms with van der Waals surface area (Å²) in [6.45, 7) is 2.06. The molecule has 3 aromatic rings. The Hall–Kier alpha value is -3.32. The van der Waals surface area contributed by atoms with Gasteiger partial charge in [0.25, 0.3) is 5.91 Å². The Kier molecular flexibility index (Phi) is 4.99. The molecule has 2 aromatic carbocycles. The minimum Gasteiger partial charge on any atom is -0.321 e. The van der Waals surface area contributed by atoms with Crippen LogP contribution in [0.5, 0.6) is 0 Å². The van der Waals surface area contributed by atoms with E-state index < -0.39 is 0 Å². The molecular formula is C21H18N4O2S. The van der Waals surface area contributed by atoms with E-state index in [9.17, 15) is 9.59 Å². The lowest BCUT2D eigenvalue weighted by atomic mass is 10.1. The molecule has 0 fully saturated rings. The molecule has 2 N–H and O–H groups in total. The second-order valence-electron chi connectivity index (χ2n) is 6.41. The van der Waals surface area contributed by atoms with Crippen molar-refractivity contribution in [2.45, 2.75) is 19.8 Å². The fraction of sp³-hybridized carbons (Fsp3) is 0.143. The van der Waals surface area contributed by atoms with Crippen LogP contribution in [0.4, 0.5) is 5.69 Å². The molecule has 6 nitrogen and oxygen atoms in total. The molecule has 0 spiro atoms. The molecule has 28 heavy (non-hydrogen) atoms. The van der Waals surface area contributed by atoms with Gasteiger partial charge in [0.1, 0.15) is 10.7 Å². The molecule has 7 heteroatoms. The molecule has 2 amide bonds. The van der Waals surface area contributed by atoms with Crippen molar-refractivity contribution in [2.75, 3.05) is 5.32 Å². The minimum atomic E-state index is -0.302. The summed E-state index contributed by atoms with van der Waals surface area (Å²) in [6, 6.07) is 17.7. The standard InChI is InChI=1S/C21H18N4O2S/c1-13-19(23-21(28-13)15-5-3-2-4-6-15)14-7-9-16(10-8-14)22-20(27)17-11-12-18(26)25-24-17/h2-10H,11-12H2,1H3,(H,22,27)(H,25,26). The van der Waals surface area contributed by atoms with Crippen LogP contribution in [0.2, 0.25) is 0 Å². The van der Waals surface area contributed by atoms with Gasteiger partial charge in [0.05, 0.1) is 5.69 Å². The molecule has 0 unspecified atom stereocenters. The van der Waals surface area contributed by atoms with Crippen LogP contribution in [0.3, 0.4) is 0 Å². The van der Waals surface area contributed by atoms with Gasteiger partial charge in [0, 0.05) is 34.5 Å². The van der Waals surface area contributed by atoms with Gasteiger partial charge in [-0.25, -0.2) is 10.4 Å². The van der Waals surface area contributed by atoms with E-state index in [4.69, 9.17) is 4.98 Å². The first-order chi connectivity index (χ1) is 13.6. The van der Waals surface area contributed by atoms with Crippen molar-refractivity contribution in [1.29, 1.82) is 0 Å². The molecule has 0 aliphatic carbocycles. The number of carbonyl (C=O) groups excluding carboxylic acids is 2. The molecule has 4 rings (SSSR count). The van der Waals surface area contributed by atoms with E-state index in [0.29, 0.717) is 17.8 Å². The van der Waals surface area contributed by atoms with Crippen LogP contribution < -0.4 is 10.7 Å². The van der Waals surface area contributed by atoms with Gasteiger partial charge in [-0.3, -0.25) is 9.59 Å². The van der Waals surface area contributed by atoms with Crippen LogP contribution in [-0.2, 0) is 9.59 Å². The number of nitrogens with one attached hydrogen (secondary N) is 2. The smallest absolute Gasteiger partial charge is 0.271 e. The van der Waals surface area contributed by atoms with E-state index in [1.54, 1.807) is 11.3 Å². The van der Waals surface area contributed by atoms with E-state index in [-0.39, 0.29) is 18.2 Å². The van der Waals surface area contributed by atoms with Gasteiger partial charge in [-0.1, -0.05) is 42.5 Å². The molecule has 0 saturated carbocycles. The number of aromatic nitrogens is 1. The number of amides is 2. The first kappa shape index (κ1) is 18.1. The predicted octanol–water partition coefficient (Wildman–Crippen LogP) is 3.99. The first-order valence-corrected chi connectivity index (χ1v) is 9.72. The van der Waals surface area contributed by atoms with E-state index in [1.807, 2.05) is 42.5 Å². The van der Waals surface area contributed by atoms with E-state index >= 15 is 0 Å². The lowest BCUT2D eigenvalue weighted by Crippen LogP contribution is -2.32. The summed E-state index contributed by atoms with van der Waals surface area (Å²) in [5, 5.41) is 7.61. The molecule has 0 atom stereocenters. The van der Waals surface area contributed by atoms with Crippen molar-refractivity contribution in [3.05, 3.63) is 59.5 Å². The zero-order valence-corrected chi connectivity index (χ0v) is 16.0. The van der Waals surface area contributed by atoms with Crippen molar-refractivity contribution < 1.29 is 9.59 Å². The molecule has 0 radical (unpaired) electrons. The van der Waals surface area contributed by atoms with E-state index in [0.717, 1.165) is 26.7 Å². The number of hydrazone groups is 1. The zero-order chi connectivity index (χ0) is 19.5. The van der Waals surface area contributed by atoms with Gasteiger partial charge in [-0.05, 0) is 19.1 Å². The number of carbonyl (C=O) groups is 2. The maximum atomic E-state index is 12.2. The lowest BCUT2D eigenvalue weighted by Gasteiger charge is -2.12. The number of benzene rings is 2. The summed E-state index contributed by atoms with van der Waals surface area (Å²) in [7, 11) is 0. The summed E-state index contributed by atoms with van der Waals surface area (Å²) in [4.78, 5) is 29.3. The van der Waals surface area contributed by atoms with Crippen molar-refractivity contribution in [3.8, 4) is 21.8 Å². The number of anilines is 1. The van der Waals surface area contributed by atoms with Crippen LogP contribution in [0.25, 0.3) is 21.8 Å². The second-order valence-corrected chi connectivity index (χ2v) is 7.62. The van der Waals surface area contributed by atoms with Crippen molar-refractivity contribution in [2.24, 2.45) is 5.10 Å². The highest BCUT2D eigenvalue weighted by Gasteiger charge is 2.18. The topological polar surface area (TPSA) is 83.4 Å². The SMILES string of the molecule is Cc1sc(-c2ccccc2)nc1-c1ccc(NC(=O)C2=NNC(=O)CC2)cc1. The highest BCUT2D eigenvalue weighted by atomic mass is 32.1. The summed E-state index contributed by atoms with van der Waals surface area (Å²) in [5.41, 5.74) is 6.37. The van der Waals surface area contributed by atoms with Gasteiger partial charge < -0.3 is 5.32 Å². The van der Waals surface area contributed by atoms with Crippen LogP contribution in [0, 0.1) is 6.92 Å². The number of hydrogen-bond donors (Lipinski definition) is 2. The fourth-order valence-corrected chi connectivity index (χ4v) is 3.86. The summed E-state index contributed by atoms with van der Waals surface area (Å²) in [6.07, 6.45) is 0.619. The molecule has 1 aliphatic heterocycles. The third-order valence-corrected chi connectivity index (χ3v) is 5.42. The molecule has 140 valence electrons. The number of hydrogen-bond acceptors (Lipinski definition) is 5. The minimum absolute atomic E-state index is 0.172. The highest BCUT2D eigenvalue weighted by molar-refractivity contribution is 7.15. The second kappa shape index (κ2) is 7.74. The highest BCUT2D eigenvalue weighted by Crippen LogP contribution is 2.33. The normalized spacial score (nSPS) is 13.6. The van der Waals surface area contributed by atoms with Crippen LogP contribution >= 0.6 is 11.3 Å². The fourth-order valence-electron chi connectivity index (χ4n) is 2.92. The number of rotatable bonds is 4. The summed E-state index contributed by atoms with van der Waals surface area (Å²) in [5.74, 6) is -0.474. The Morgan fingerprint density at radius 2 is 1.79 bits per heavy atom. The maximum Gasteiger partial charge on any atom is 0.271 e. The number of thiazole rings is 1. The average Bonchev–Trinajstić information content (AvgIpc) is 3.11. The Bertz CT molecular complexity index is 1060. The molecule has 1 aromatic heterocycles. The van der Waals surface area contributed by atoms with Crippen LogP contribution in [0.15, 0.2) is 59.7 Å². The Balaban J connectivity index is 1.50. The predicted molar refractivity (Wildman–Crippen MR) is 111 cm³/mol.